The van der Waals surface area contributed by atoms with Gasteiger partial charge in [0.2, 0.25) is 0 Å². The first kappa shape index (κ1) is 16.8. The Labute approximate surface area is 147 Å². The molecule has 0 saturated carbocycles. The number of methoxy groups -OCH3 is 1. The van der Waals surface area contributed by atoms with Gasteiger partial charge in [-0.25, -0.2) is 0 Å². The van der Waals surface area contributed by atoms with E-state index in [0.29, 0.717) is 23.7 Å². The van der Waals surface area contributed by atoms with Gasteiger partial charge in [0.05, 0.1) is 13.2 Å². The minimum absolute atomic E-state index is 0.0205. The predicted octanol–water partition coefficient (Wildman–Crippen LogP) is 3.44. The first-order chi connectivity index (χ1) is 11.6. The minimum Gasteiger partial charge on any atom is -0.496 e. The number of amides is 1. The van der Waals surface area contributed by atoms with E-state index < -0.39 is 0 Å². The number of aryl methyl sites for hydroxylation is 1. The fraction of sp³-hybridized carbons (Fsp3) is 0.316. The van der Waals surface area contributed by atoms with Crippen molar-refractivity contribution < 1.29 is 9.53 Å². The number of rotatable bonds is 3. The van der Waals surface area contributed by atoms with Crippen LogP contribution in [0.1, 0.15) is 27.5 Å². The summed E-state index contributed by atoms with van der Waals surface area (Å²) in [5.74, 6) is 0.823. The van der Waals surface area contributed by atoms with Gasteiger partial charge in [-0.1, -0.05) is 29.8 Å². The monoisotopic (exact) mass is 344 g/mol. The van der Waals surface area contributed by atoms with Gasteiger partial charge in [-0.15, -0.1) is 0 Å². The van der Waals surface area contributed by atoms with Crippen molar-refractivity contribution in [2.75, 3.05) is 26.7 Å². The maximum absolute atomic E-state index is 13.1. The lowest BCUT2D eigenvalue weighted by molar-refractivity contribution is 0.0631. The van der Waals surface area contributed by atoms with Crippen molar-refractivity contribution in [3.05, 3.63) is 64.2 Å². The van der Waals surface area contributed by atoms with Crippen LogP contribution in [0.4, 0.5) is 0 Å². The Kier molecular flexibility index (Phi) is 5.07. The summed E-state index contributed by atoms with van der Waals surface area (Å²) in [6, 6.07) is 13.2. The molecule has 1 amide bonds. The van der Waals surface area contributed by atoms with E-state index in [4.69, 9.17) is 16.3 Å². The van der Waals surface area contributed by atoms with Gasteiger partial charge in [0, 0.05) is 35.8 Å². The lowest BCUT2D eigenvalue weighted by Gasteiger charge is -2.37. The fourth-order valence-corrected chi connectivity index (χ4v) is 3.23. The van der Waals surface area contributed by atoms with Crippen molar-refractivity contribution in [1.29, 1.82) is 0 Å². The average Bonchev–Trinajstić information content (AvgIpc) is 2.63. The molecule has 1 unspecified atom stereocenters. The van der Waals surface area contributed by atoms with Crippen LogP contribution in [-0.2, 0) is 0 Å². The van der Waals surface area contributed by atoms with Crippen LogP contribution in [0, 0.1) is 6.92 Å². The molecule has 1 aliphatic heterocycles. The third-order valence-electron chi connectivity index (χ3n) is 4.41. The molecule has 0 radical (unpaired) electrons. The Morgan fingerprint density at radius 3 is 2.83 bits per heavy atom. The number of hydrogen-bond donors (Lipinski definition) is 1. The summed E-state index contributed by atoms with van der Waals surface area (Å²) in [4.78, 5) is 15.0. The Morgan fingerprint density at radius 1 is 1.29 bits per heavy atom. The van der Waals surface area contributed by atoms with Crippen LogP contribution in [0.25, 0.3) is 0 Å². The quantitative estimate of drug-likeness (QED) is 0.927. The molecule has 0 aliphatic carbocycles. The summed E-state index contributed by atoms with van der Waals surface area (Å²) in [7, 11) is 1.66. The van der Waals surface area contributed by atoms with Gasteiger partial charge in [-0.3, -0.25) is 4.79 Å². The van der Waals surface area contributed by atoms with Crippen LogP contribution in [0.5, 0.6) is 5.75 Å². The molecule has 0 bridgehead atoms. The molecule has 0 aromatic heterocycles. The number of nitrogens with zero attached hydrogens (tertiary/aromatic N) is 1. The molecule has 1 saturated heterocycles. The molecular weight excluding hydrogens is 324 g/mol. The van der Waals surface area contributed by atoms with E-state index in [9.17, 15) is 4.79 Å². The fourth-order valence-electron chi connectivity index (χ4n) is 3.11. The number of para-hydroxylation sites is 1. The molecule has 2 aromatic rings. The van der Waals surface area contributed by atoms with Gasteiger partial charge in [-0.2, -0.15) is 0 Å². The van der Waals surface area contributed by atoms with Crippen LogP contribution < -0.4 is 10.1 Å². The highest BCUT2D eigenvalue weighted by molar-refractivity contribution is 6.31. The average molecular weight is 345 g/mol. The number of ether oxygens (including phenoxy) is 1. The summed E-state index contributed by atoms with van der Waals surface area (Å²) in [6.45, 7) is 4.06. The van der Waals surface area contributed by atoms with Crippen molar-refractivity contribution in [1.82, 2.24) is 10.2 Å². The second kappa shape index (κ2) is 7.24. The number of nitrogens with one attached hydrogen (secondary N) is 1. The third kappa shape index (κ3) is 3.25. The number of carbonyl (C=O) groups excluding carboxylic acids is 1. The molecule has 2 aromatic carbocycles. The molecule has 1 atom stereocenters. The van der Waals surface area contributed by atoms with E-state index in [1.807, 2.05) is 42.2 Å². The number of carbonyl (C=O) groups is 1. The Morgan fingerprint density at radius 2 is 2.08 bits per heavy atom. The molecule has 1 aliphatic rings. The number of halogens is 1. The second-order valence-electron chi connectivity index (χ2n) is 5.92. The standard InChI is InChI=1S/C19H21ClN2O2/c1-13-11-14(7-8-16(13)20)19(23)22-10-9-21-12-17(22)15-5-3-4-6-18(15)24-2/h3-8,11,17,21H,9-10,12H2,1-2H3. The molecule has 126 valence electrons. The van der Waals surface area contributed by atoms with E-state index in [1.165, 1.54) is 0 Å². The van der Waals surface area contributed by atoms with Gasteiger partial charge in [0.15, 0.2) is 0 Å². The normalized spacial score (nSPS) is 17.6. The highest BCUT2D eigenvalue weighted by Gasteiger charge is 2.30. The summed E-state index contributed by atoms with van der Waals surface area (Å²) in [6.07, 6.45) is 0. The smallest absolute Gasteiger partial charge is 0.254 e. The van der Waals surface area contributed by atoms with Crippen molar-refractivity contribution >= 4 is 17.5 Å². The van der Waals surface area contributed by atoms with E-state index >= 15 is 0 Å². The first-order valence-corrected chi connectivity index (χ1v) is 8.40. The Bertz CT molecular complexity index is 748. The van der Waals surface area contributed by atoms with E-state index in [0.717, 1.165) is 23.4 Å². The van der Waals surface area contributed by atoms with E-state index in [1.54, 1.807) is 19.2 Å². The zero-order valence-electron chi connectivity index (χ0n) is 13.9. The van der Waals surface area contributed by atoms with Gasteiger partial charge < -0.3 is 15.0 Å². The Hall–Kier alpha value is -2.04. The van der Waals surface area contributed by atoms with Crippen LogP contribution >= 0.6 is 11.6 Å². The van der Waals surface area contributed by atoms with Crippen molar-refractivity contribution in [2.45, 2.75) is 13.0 Å². The molecular formula is C19H21ClN2O2. The summed E-state index contributed by atoms with van der Waals surface area (Å²) < 4.78 is 5.48. The molecule has 0 spiro atoms. The summed E-state index contributed by atoms with van der Waals surface area (Å²) in [5.41, 5.74) is 2.59. The Balaban J connectivity index is 1.94. The highest BCUT2D eigenvalue weighted by Crippen LogP contribution is 2.31. The van der Waals surface area contributed by atoms with Crippen LogP contribution in [0.15, 0.2) is 42.5 Å². The number of benzene rings is 2. The van der Waals surface area contributed by atoms with E-state index in [-0.39, 0.29) is 11.9 Å². The molecule has 1 fully saturated rings. The third-order valence-corrected chi connectivity index (χ3v) is 4.83. The molecule has 3 rings (SSSR count). The molecule has 5 heteroatoms. The van der Waals surface area contributed by atoms with Crippen LogP contribution in [-0.4, -0.2) is 37.6 Å². The van der Waals surface area contributed by atoms with Crippen LogP contribution in [0.3, 0.4) is 0 Å². The first-order valence-electron chi connectivity index (χ1n) is 8.02. The topological polar surface area (TPSA) is 41.6 Å². The summed E-state index contributed by atoms with van der Waals surface area (Å²) in [5, 5.41) is 4.05. The van der Waals surface area contributed by atoms with Gasteiger partial charge >= 0.3 is 0 Å². The lowest BCUT2D eigenvalue weighted by atomic mass is 10.0. The maximum Gasteiger partial charge on any atom is 0.254 e. The predicted molar refractivity (Wildman–Crippen MR) is 95.8 cm³/mol. The van der Waals surface area contributed by atoms with E-state index in [2.05, 4.69) is 5.32 Å². The van der Waals surface area contributed by atoms with Gasteiger partial charge in [-0.05, 0) is 36.8 Å². The zero-order chi connectivity index (χ0) is 17.1. The molecule has 1 N–H and O–H groups in total. The minimum atomic E-state index is -0.0571. The van der Waals surface area contributed by atoms with Crippen molar-refractivity contribution in [2.24, 2.45) is 0 Å². The lowest BCUT2D eigenvalue weighted by Crippen LogP contribution is -2.48. The largest absolute Gasteiger partial charge is 0.496 e. The van der Waals surface area contributed by atoms with Gasteiger partial charge in [0.25, 0.3) is 5.91 Å². The molecule has 4 nitrogen and oxygen atoms in total. The highest BCUT2D eigenvalue weighted by atomic mass is 35.5. The van der Waals surface area contributed by atoms with Crippen molar-refractivity contribution in [3.63, 3.8) is 0 Å². The number of piperazine rings is 1. The molecule has 1 heterocycles. The van der Waals surface area contributed by atoms with Crippen LogP contribution in [0.2, 0.25) is 5.02 Å². The second-order valence-corrected chi connectivity index (χ2v) is 6.33. The van der Waals surface area contributed by atoms with Gasteiger partial charge in [0.1, 0.15) is 5.75 Å². The zero-order valence-corrected chi connectivity index (χ0v) is 14.6. The number of hydrogen-bond acceptors (Lipinski definition) is 3. The van der Waals surface area contributed by atoms with Crippen molar-refractivity contribution in [3.8, 4) is 5.75 Å². The SMILES string of the molecule is COc1ccccc1C1CNCCN1C(=O)c1ccc(Cl)c(C)c1. The molecule has 24 heavy (non-hydrogen) atoms. The summed E-state index contributed by atoms with van der Waals surface area (Å²) >= 11 is 6.08. The maximum atomic E-state index is 13.1.